The fourth-order valence-electron chi connectivity index (χ4n) is 7.39. The highest BCUT2D eigenvalue weighted by molar-refractivity contribution is 6.10. The highest BCUT2D eigenvalue weighted by Crippen LogP contribution is 2.42. The van der Waals surface area contributed by atoms with Gasteiger partial charge in [0.05, 0.1) is 11.0 Å². The van der Waals surface area contributed by atoms with Crippen LogP contribution in [-0.4, -0.2) is 4.57 Å². The van der Waals surface area contributed by atoms with Crippen molar-refractivity contribution in [2.45, 2.75) is 12.8 Å². The first-order valence-corrected chi connectivity index (χ1v) is 17.6. The third-order valence-electron chi connectivity index (χ3n) is 10.1. The normalized spacial score (nSPS) is 18.4. The predicted molar refractivity (Wildman–Crippen MR) is 218 cm³/mol. The van der Waals surface area contributed by atoms with Gasteiger partial charge in [0.2, 0.25) is 0 Å². The summed E-state index contributed by atoms with van der Waals surface area (Å²) in [6.45, 7) is 11.3. The van der Waals surface area contributed by atoms with Crippen LogP contribution in [0.15, 0.2) is 213 Å². The van der Waals surface area contributed by atoms with Gasteiger partial charge in [-0.3, -0.25) is 0 Å². The van der Waals surface area contributed by atoms with E-state index in [0.29, 0.717) is 0 Å². The number of benzene rings is 6. The van der Waals surface area contributed by atoms with Crippen molar-refractivity contribution >= 4 is 27.5 Å². The molecule has 51 heavy (non-hydrogen) atoms. The number of anilines is 1. The quantitative estimate of drug-likeness (QED) is 0.179. The maximum atomic E-state index is 4.60. The van der Waals surface area contributed by atoms with E-state index in [1.54, 1.807) is 0 Å². The Balaban J connectivity index is 1.33. The minimum Gasteiger partial charge on any atom is -0.324 e. The largest absolute Gasteiger partial charge is 0.324 e. The number of para-hydroxylation sites is 3. The third-order valence-corrected chi connectivity index (χ3v) is 10.1. The van der Waals surface area contributed by atoms with Crippen LogP contribution in [-0.2, 0) is 0 Å². The molecule has 0 saturated heterocycles. The number of allylic oxidation sites excluding steroid dienone is 6. The summed E-state index contributed by atoms with van der Waals surface area (Å²) in [4.78, 5) is 2.24. The van der Waals surface area contributed by atoms with Crippen LogP contribution >= 0.6 is 0 Å². The van der Waals surface area contributed by atoms with Gasteiger partial charge in [-0.1, -0.05) is 154 Å². The summed E-state index contributed by atoms with van der Waals surface area (Å²) >= 11 is 0. The second kappa shape index (κ2) is 13.9. The van der Waals surface area contributed by atoms with Crippen LogP contribution < -0.4 is 4.90 Å². The van der Waals surface area contributed by atoms with E-state index in [1.807, 2.05) is 0 Å². The summed E-state index contributed by atoms with van der Waals surface area (Å²) < 4.78 is 2.43. The maximum Gasteiger partial charge on any atom is 0.0579 e. The Kier molecular flexibility index (Phi) is 8.66. The number of aromatic nitrogens is 1. The molecule has 0 saturated carbocycles. The van der Waals surface area contributed by atoms with Gasteiger partial charge in [-0.15, -0.1) is 0 Å². The molecule has 0 amide bonds. The first kappa shape index (κ1) is 31.9. The van der Waals surface area contributed by atoms with Crippen LogP contribution in [0.25, 0.3) is 49.7 Å². The number of fused-ring (bicyclic) bond motifs is 3. The Bertz CT molecular complexity index is 2400. The van der Waals surface area contributed by atoms with Crippen LogP contribution in [0.3, 0.4) is 0 Å². The van der Waals surface area contributed by atoms with Gasteiger partial charge >= 0.3 is 0 Å². The van der Waals surface area contributed by atoms with E-state index in [9.17, 15) is 0 Å². The summed E-state index contributed by atoms with van der Waals surface area (Å²) in [6, 6.07) is 54.3. The number of nitrogens with zero attached hydrogens (tertiary/aromatic N) is 2. The summed E-state index contributed by atoms with van der Waals surface area (Å²) in [5, 5.41) is 2.49. The van der Waals surface area contributed by atoms with Crippen LogP contribution in [0.4, 0.5) is 5.69 Å². The first-order valence-electron chi connectivity index (χ1n) is 17.6. The van der Waals surface area contributed by atoms with Gasteiger partial charge in [0.1, 0.15) is 0 Å². The summed E-state index contributed by atoms with van der Waals surface area (Å²) in [5.74, 6) is 0.0692. The van der Waals surface area contributed by atoms with Gasteiger partial charge < -0.3 is 9.47 Å². The monoisotopic (exact) mass is 656 g/mol. The standard InChI is InChI=1S/C49H40N2/c1-35-18-15-16-30-50(43-33-40(38-19-7-4-8-20-38)32-41(34-43)39-21-9-5-10-22-39)31-29-44(37(3)36(35)2)46-26-17-27-47-45-25-13-14-28-48(45)51(49(46)47)42-23-11-6-12-24-42/h4-34,37,44H,1-2H2,3H3/b18-15-,30-16-,31-29-. The molecule has 7 aromatic rings. The molecule has 2 nitrogen and oxygen atoms in total. The molecule has 0 aliphatic carbocycles. The average molecular weight is 657 g/mol. The molecule has 0 N–H and O–H groups in total. The van der Waals surface area contributed by atoms with Crippen LogP contribution in [0.5, 0.6) is 0 Å². The van der Waals surface area contributed by atoms with Crippen molar-refractivity contribution in [3.63, 3.8) is 0 Å². The van der Waals surface area contributed by atoms with E-state index < -0.39 is 0 Å². The second-order valence-corrected chi connectivity index (χ2v) is 13.2. The van der Waals surface area contributed by atoms with Crippen molar-refractivity contribution in [3.8, 4) is 27.9 Å². The van der Waals surface area contributed by atoms with E-state index in [4.69, 9.17) is 0 Å². The molecule has 0 spiro atoms. The molecule has 6 aromatic carbocycles. The Morgan fingerprint density at radius 2 is 1.14 bits per heavy atom. The minimum atomic E-state index is -0.00183. The molecule has 246 valence electrons. The fourth-order valence-corrected chi connectivity index (χ4v) is 7.39. The zero-order valence-electron chi connectivity index (χ0n) is 28.9. The average Bonchev–Trinajstić information content (AvgIpc) is 3.53. The van der Waals surface area contributed by atoms with Gasteiger partial charge in [0, 0.05) is 40.5 Å². The second-order valence-electron chi connectivity index (χ2n) is 13.2. The molecule has 2 heteroatoms. The van der Waals surface area contributed by atoms with Crippen LogP contribution in [0, 0.1) is 5.92 Å². The van der Waals surface area contributed by atoms with E-state index in [2.05, 4.69) is 218 Å². The van der Waals surface area contributed by atoms with Crippen molar-refractivity contribution in [2.75, 3.05) is 4.90 Å². The van der Waals surface area contributed by atoms with E-state index in [-0.39, 0.29) is 11.8 Å². The lowest BCUT2D eigenvalue weighted by Crippen LogP contribution is -2.14. The smallest absolute Gasteiger partial charge is 0.0579 e. The lowest BCUT2D eigenvalue weighted by Gasteiger charge is -2.27. The van der Waals surface area contributed by atoms with Gasteiger partial charge in [0.15, 0.2) is 0 Å². The summed E-state index contributed by atoms with van der Waals surface area (Å²) in [6.07, 6.45) is 13.0. The van der Waals surface area contributed by atoms with Crippen LogP contribution in [0.1, 0.15) is 18.4 Å². The van der Waals surface area contributed by atoms with Crippen molar-refractivity contribution < 1.29 is 0 Å². The Hall–Kier alpha value is -6.38. The van der Waals surface area contributed by atoms with Crippen molar-refractivity contribution in [2.24, 2.45) is 5.92 Å². The molecule has 2 unspecified atom stereocenters. The molecular formula is C49H40N2. The highest BCUT2D eigenvalue weighted by Gasteiger charge is 2.26. The van der Waals surface area contributed by atoms with Crippen molar-refractivity contribution in [3.05, 3.63) is 218 Å². The van der Waals surface area contributed by atoms with Gasteiger partial charge in [-0.25, -0.2) is 0 Å². The van der Waals surface area contributed by atoms with Gasteiger partial charge in [0.25, 0.3) is 0 Å². The Morgan fingerprint density at radius 1 is 0.529 bits per heavy atom. The first-order chi connectivity index (χ1) is 25.1. The van der Waals surface area contributed by atoms with E-state index in [0.717, 1.165) is 22.5 Å². The molecule has 0 bridgehead atoms. The van der Waals surface area contributed by atoms with E-state index >= 15 is 0 Å². The van der Waals surface area contributed by atoms with Crippen molar-refractivity contribution in [1.82, 2.24) is 4.57 Å². The molecule has 2 heterocycles. The van der Waals surface area contributed by atoms with Crippen LogP contribution in [0.2, 0.25) is 0 Å². The SMILES string of the molecule is C=C1/C=C\C=C/N(c2cc(-c3ccccc3)cc(-c3ccccc3)c2)/C=C\C(c2cccc3c4ccccc4n(-c4ccccc4)c23)C(C)C1=C. The lowest BCUT2D eigenvalue weighted by molar-refractivity contribution is 0.617. The van der Waals surface area contributed by atoms with Gasteiger partial charge in [-0.2, -0.15) is 0 Å². The minimum absolute atomic E-state index is 0.00183. The Labute approximate surface area is 300 Å². The molecular weight excluding hydrogens is 617 g/mol. The van der Waals surface area contributed by atoms with E-state index in [1.165, 1.54) is 49.6 Å². The molecule has 0 fully saturated rings. The molecule has 2 atom stereocenters. The van der Waals surface area contributed by atoms with Crippen molar-refractivity contribution in [1.29, 1.82) is 0 Å². The topological polar surface area (TPSA) is 8.17 Å². The summed E-state index contributed by atoms with van der Waals surface area (Å²) in [7, 11) is 0. The third kappa shape index (κ3) is 6.17. The molecule has 8 rings (SSSR count). The maximum absolute atomic E-state index is 4.60. The number of rotatable bonds is 5. The zero-order valence-corrected chi connectivity index (χ0v) is 28.9. The highest BCUT2D eigenvalue weighted by atomic mass is 15.1. The lowest BCUT2D eigenvalue weighted by atomic mass is 9.80. The molecule has 1 aliphatic rings. The molecule has 1 aromatic heterocycles. The Morgan fingerprint density at radius 3 is 1.82 bits per heavy atom. The number of hydrogen-bond acceptors (Lipinski definition) is 1. The summed E-state index contributed by atoms with van der Waals surface area (Å²) in [5.41, 5.74) is 12.6. The zero-order chi connectivity index (χ0) is 34.7. The predicted octanol–water partition coefficient (Wildman–Crippen LogP) is 13.1. The molecule has 1 aliphatic heterocycles. The van der Waals surface area contributed by atoms with Gasteiger partial charge in [-0.05, 0) is 87.4 Å². The molecule has 0 radical (unpaired) electrons. The fraction of sp³-hybridized carbons (Fsp3) is 0.0612. The number of hydrogen-bond donors (Lipinski definition) is 0.